The van der Waals surface area contributed by atoms with Crippen LogP contribution in [0.5, 0.6) is 0 Å². The smallest absolute Gasteiger partial charge is 0.341 e. The molecule has 6 rings (SSSR count). The lowest BCUT2D eigenvalue weighted by molar-refractivity contribution is -0.126. The first-order chi connectivity index (χ1) is 18.9. The van der Waals surface area contributed by atoms with E-state index in [1.54, 1.807) is 13.0 Å². The minimum Gasteiger partial charge on any atom is -0.477 e. The van der Waals surface area contributed by atoms with E-state index in [2.05, 4.69) is 24.8 Å². The number of aryl methyl sites for hydroxylation is 1. The Kier molecular flexibility index (Phi) is 6.52. The van der Waals surface area contributed by atoms with Crippen LogP contribution < -0.4 is 15.6 Å². The molecule has 15 heteroatoms. The van der Waals surface area contributed by atoms with E-state index < -0.39 is 17.0 Å². The summed E-state index contributed by atoms with van der Waals surface area (Å²) in [5, 5.41) is 17.2. The van der Waals surface area contributed by atoms with Crippen LogP contribution >= 0.6 is 11.5 Å². The van der Waals surface area contributed by atoms with Crippen LogP contribution in [-0.2, 0) is 9.53 Å². The Morgan fingerprint density at radius 2 is 2.10 bits per heavy atom. The Morgan fingerprint density at radius 3 is 2.82 bits per heavy atom. The van der Waals surface area contributed by atoms with Gasteiger partial charge in [0.15, 0.2) is 5.65 Å². The Balaban J connectivity index is 1.29. The summed E-state index contributed by atoms with van der Waals surface area (Å²) in [7, 11) is 0. The number of pyridine rings is 2. The van der Waals surface area contributed by atoms with Crippen LogP contribution in [0.4, 0.5) is 5.82 Å². The van der Waals surface area contributed by atoms with E-state index in [1.807, 2.05) is 4.90 Å². The van der Waals surface area contributed by atoms with E-state index >= 15 is 0 Å². The average Bonchev–Trinajstić information content (AvgIpc) is 3.60. The van der Waals surface area contributed by atoms with Crippen molar-refractivity contribution in [3.63, 3.8) is 0 Å². The molecule has 0 radical (unpaired) electrons. The zero-order valence-electron chi connectivity index (χ0n) is 21.0. The van der Waals surface area contributed by atoms with Crippen LogP contribution in [0, 0.1) is 12.8 Å². The summed E-state index contributed by atoms with van der Waals surface area (Å²) in [4.78, 5) is 52.7. The van der Waals surface area contributed by atoms with Crippen LogP contribution in [0.1, 0.15) is 35.2 Å². The average molecular weight is 552 g/mol. The van der Waals surface area contributed by atoms with Gasteiger partial charge in [-0.2, -0.15) is 14.8 Å². The molecule has 0 aliphatic carbocycles. The minimum atomic E-state index is -1.35. The molecule has 0 aromatic carbocycles. The maximum Gasteiger partial charge on any atom is 0.341 e. The van der Waals surface area contributed by atoms with Crippen molar-refractivity contribution in [3.8, 4) is 11.1 Å². The molecule has 4 aromatic heterocycles. The first kappa shape index (κ1) is 25.1. The third-order valence-electron chi connectivity index (χ3n) is 6.96. The first-order valence-corrected chi connectivity index (χ1v) is 13.3. The molecule has 14 nitrogen and oxygen atoms in total. The van der Waals surface area contributed by atoms with Gasteiger partial charge >= 0.3 is 5.97 Å². The van der Waals surface area contributed by atoms with Gasteiger partial charge in [0, 0.05) is 44.0 Å². The minimum absolute atomic E-state index is 0.0181. The normalized spacial score (nSPS) is 17.8. The Morgan fingerprint density at radius 1 is 1.26 bits per heavy atom. The topological polar surface area (TPSA) is 170 Å². The molecule has 0 saturated carbocycles. The zero-order valence-corrected chi connectivity index (χ0v) is 21.8. The number of anilines is 1. The lowest BCUT2D eigenvalue weighted by Crippen LogP contribution is -2.55. The van der Waals surface area contributed by atoms with E-state index in [4.69, 9.17) is 9.72 Å². The highest BCUT2D eigenvalue weighted by molar-refractivity contribution is 7.08. The Labute approximate surface area is 225 Å². The fraction of sp³-hybridized carbons (Fsp3) is 0.417. The predicted molar refractivity (Wildman–Crippen MR) is 140 cm³/mol. The number of rotatable bonds is 7. The van der Waals surface area contributed by atoms with Crippen molar-refractivity contribution in [3.05, 3.63) is 46.3 Å². The number of carboxylic acid groups (broad SMARTS) is 1. The summed E-state index contributed by atoms with van der Waals surface area (Å²) in [6.45, 7) is 3.94. The van der Waals surface area contributed by atoms with Gasteiger partial charge in [-0.1, -0.05) is 0 Å². The Bertz CT molecular complexity index is 1600. The summed E-state index contributed by atoms with van der Waals surface area (Å²) in [5.41, 5.74) is -0.207. The van der Waals surface area contributed by atoms with Gasteiger partial charge in [0.1, 0.15) is 24.0 Å². The van der Waals surface area contributed by atoms with Crippen molar-refractivity contribution in [2.45, 2.75) is 32.3 Å². The van der Waals surface area contributed by atoms with Crippen LogP contribution in [0.15, 0.2) is 29.7 Å². The molecule has 2 fully saturated rings. The standard InChI is InChI=1S/C24H25N9O5S/c1-13-6-17(31-8-14(9-31)21(35)26-7-15-4-2-3-5-38-15)28-20-18(13)19(34)16(22(36)37)10-32(20)24-29-23(30-39-24)33-12-25-11-27-33/h6,10-12,14-15H,2-5,7-9H2,1H3,(H,26,35)(H,36,37)/t15-/m0/s1. The number of aromatic nitrogens is 7. The number of hydrogen-bond acceptors (Lipinski definition) is 11. The zero-order chi connectivity index (χ0) is 27.1. The van der Waals surface area contributed by atoms with Gasteiger partial charge in [-0.05, 0) is 37.8 Å². The molecule has 0 unspecified atom stereocenters. The van der Waals surface area contributed by atoms with Crippen LogP contribution in [-0.4, -0.2) is 83.0 Å². The van der Waals surface area contributed by atoms with Gasteiger partial charge < -0.3 is 20.1 Å². The summed E-state index contributed by atoms with van der Waals surface area (Å²) in [5.74, 6) is -0.724. The number of nitrogens with zero attached hydrogens (tertiary/aromatic N) is 8. The number of amides is 1. The third-order valence-corrected chi connectivity index (χ3v) is 7.67. The van der Waals surface area contributed by atoms with Crippen LogP contribution in [0.25, 0.3) is 22.1 Å². The first-order valence-electron chi connectivity index (χ1n) is 12.5. The number of fused-ring (bicyclic) bond motifs is 1. The summed E-state index contributed by atoms with van der Waals surface area (Å²) < 4.78 is 12.8. The number of aromatic carboxylic acids is 1. The summed E-state index contributed by atoms with van der Waals surface area (Å²) in [6.07, 6.45) is 7.21. The van der Waals surface area contributed by atoms with Crippen molar-refractivity contribution < 1.29 is 19.4 Å². The van der Waals surface area contributed by atoms with Gasteiger partial charge in [-0.3, -0.25) is 14.2 Å². The molecule has 39 heavy (non-hydrogen) atoms. The summed E-state index contributed by atoms with van der Waals surface area (Å²) >= 11 is 1.00. The Hall–Kier alpha value is -4.24. The largest absolute Gasteiger partial charge is 0.477 e. The molecule has 1 amide bonds. The maximum atomic E-state index is 13.1. The molecule has 202 valence electrons. The van der Waals surface area contributed by atoms with E-state index in [1.165, 1.54) is 28.1 Å². The van der Waals surface area contributed by atoms with Crippen molar-refractivity contribution in [2.75, 3.05) is 31.1 Å². The van der Waals surface area contributed by atoms with E-state index in [9.17, 15) is 19.5 Å². The highest BCUT2D eigenvalue weighted by Gasteiger charge is 2.34. The van der Waals surface area contributed by atoms with E-state index in [0.717, 1.165) is 37.4 Å². The molecule has 0 spiro atoms. The maximum absolute atomic E-state index is 13.1. The summed E-state index contributed by atoms with van der Waals surface area (Å²) in [6, 6.07) is 1.74. The number of carbonyl (C=O) groups is 2. The van der Waals surface area contributed by atoms with Crippen LogP contribution in [0.2, 0.25) is 0 Å². The molecule has 2 saturated heterocycles. The third kappa shape index (κ3) is 4.74. The number of hydrogen-bond donors (Lipinski definition) is 2. The van der Waals surface area contributed by atoms with Crippen LogP contribution in [0.3, 0.4) is 0 Å². The lowest BCUT2D eigenvalue weighted by Gasteiger charge is -2.39. The van der Waals surface area contributed by atoms with Crippen molar-refractivity contribution in [2.24, 2.45) is 5.92 Å². The van der Waals surface area contributed by atoms with Gasteiger partial charge in [0.05, 0.1) is 17.4 Å². The second kappa shape index (κ2) is 10.1. The molecule has 2 aliphatic heterocycles. The van der Waals surface area contributed by atoms with Gasteiger partial charge in [0.25, 0.3) is 5.95 Å². The number of nitrogens with one attached hydrogen (secondary N) is 1. The molecule has 0 bridgehead atoms. The van der Waals surface area contributed by atoms with E-state index in [-0.39, 0.29) is 34.9 Å². The SMILES string of the molecule is Cc1cc(N2CC(C(=O)NC[C@@H]3CCCCO3)C2)nc2c1c(=O)c(C(=O)O)cn2-c1nc(-n2cncn2)ns1. The van der Waals surface area contributed by atoms with Gasteiger partial charge in [-0.25, -0.2) is 14.8 Å². The van der Waals surface area contributed by atoms with Crippen molar-refractivity contribution in [1.29, 1.82) is 0 Å². The molecule has 1 atom stereocenters. The van der Waals surface area contributed by atoms with Gasteiger partial charge in [-0.15, -0.1) is 4.37 Å². The fourth-order valence-electron chi connectivity index (χ4n) is 4.81. The number of carboxylic acids is 1. The molecular formula is C24H25N9O5S. The molecule has 2 aliphatic rings. The monoisotopic (exact) mass is 551 g/mol. The van der Waals surface area contributed by atoms with Crippen molar-refractivity contribution in [1.82, 2.24) is 39.0 Å². The van der Waals surface area contributed by atoms with E-state index in [0.29, 0.717) is 36.1 Å². The second-order valence-electron chi connectivity index (χ2n) is 9.60. The highest BCUT2D eigenvalue weighted by Crippen LogP contribution is 2.28. The molecule has 4 aromatic rings. The second-order valence-corrected chi connectivity index (χ2v) is 10.3. The highest BCUT2D eigenvalue weighted by atomic mass is 32.1. The molecular weight excluding hydrogens is 526 g/mol. The quantitative estimate of drug-likeness (QED) is 0.335. The number of ether oxygens (including phenoxy) is 1. The fourth-order valence-corrected chi connectivity index (χ4v) is 5.44. The van der Waals surface area contributed by atoms with Gasteiger partial charge in [0.2, 0.25) is 16.5 Å². The number of carbonyl (C=O) groups excluding carboxylic acids is 1. The molecule has 2 N–H and O–H groups in total. The van der Waals surface area contributed by atoms with Crippen molar-refractivity contribution >= 4 is 40.3 Å². The molecule has 6 heterocycles. The lowest BCUT2D eigenvalue weighted by atomic mass is 9.98. The predicted octanol–water partition coefficient (Wildman–Crippen LogP) is 0.946.